The van der Waals surface area contributed by atoms with Gasteiger partial charge in [-0.3, -0.25) is 23.7 Å². The summed E-state index contributed by atoms with van der Waals surface area (Å²) in [7, 11) is 1.90. The number of amides is 1. The van der Waals surface area contributed by atoms with Gasteiger partial charge in [0.05, 0.1) is 25.0 Å². The Morgan fingerprint density at radius 2 is 2.25 bits per heavy atom. The third kappa shape index (κ3) is 4.20. The van der Waals surface area contributed by atoms with Gasteiger partial charge in [-0.1, -0.05) is 0 Å². The molecule has 0 saturated carbocycles. The minimum atomic E-state index is -0.156. The highest BCUT2D eigenvalue weighted by atomic mass is 32.1. The lowest BCUT2D eigenvalue weighted by Gasteiger charge is -2.19. The second-order valence-corrected chi connectivity index (χ2v) is 7.71. The number of nitrogens with one attached hydrogen (secondary N) is 1. The molecule has 3 aromatic rings. The summed E-state index contributed by atoms with van der Waals surface area (Å²) in [6.07, 6.45) is 4.76. The first-order valence-electron chi connectivity index (χ1n) is 9.18. The van der Waals surface area contributed by atoms with Gasteiger partial charge in [0.1, 0.15) is 5.82 Å². The summed E-state index contributed by atoms with van der Waals surface area (Å²) in [6, 6.07) is 3.30. The Kier molecular flexibility index (Phi) is 5.36. The topological polar surface area (TPSA) is 85.0 Å². The van der Waals surface area contributed by atoms with E-state index in [1.807, 2.05) is 24.8 Å². The Morgan fingerprint density at radius 1 is 1.36 bits per heavy atom. The summed E-state index contributed by atoms with van der Waals surface area (Å²) in [5.74, 6) is 0.588. The monoisotopic (exact) mass is 398 g/mol. The molecule has 1 aliphatic rings. The number of carbonyl (C=O) groups is 1. The van der Waals surface area contributed by atoms with Crippen LogP contribution in [0.1, 0.15) is 33.9 Å². The van der Waals surface area contributed by atoms with Crippen LogP contribution in [0.3, 0.4) is 0 Å². The van der Waals surface area contributed by atoms with Crippen LogP contribution in [0.5, 0.6) is 0 Å². The Balaban J connectivity index is 1.49. The number of nitrogens with zero attached hydrogens (tertiary/aromatic N) is 5. The maximum atomic E-state index is 12.6. The highest BCUT2D eigenvalue weighted by Crippen LogP contribution is 2.13. The fraction of sp³-hybridized carbons (Fsp3) is 0.368. The maximum Gasteiger partial charge on any atom is 0.253 e. The Hall–Kier alpha value is -2.78. The van der Waals surface area contributed by atoms with Crippen LogP contribution in [0, 0.1) is 0 Å². The van der Waals surface area contributed by atoms with Crippen molar-refractivity contribution < 1.29 is 4.79 Å². The second kappa shape index (κ2) is 8.07. The lowest BCUT2D eigenvalue weighted by molar-refractivity contribution is 0.0950. The van der Waals surface area contributed by atoms with Gasteiger partial charge in [-0.15, -0.1) is 0 Å². The highest BCUT2D eigenvalue weighted by molar-refractivity contribution is 7.08. The average Bonchev–Trinajstić information content (AvgIpc) is 3.29. The molecule has 9 heteroatoms. The van der Waals surface area contributed by atoms with Crippen molar-refractivity contribution in [2.45, 2.75) is 32.6 Å². The van der Waals surface area contributed by atoms with Crippen LogP contribution in [0.2, 0.25) is 0 Å². The van der Waals surface area contributed by atoms with Gasteiger partial charge in [0.25, 0.3) is 11.5 Å². The van der Waals surface area contributed by atoms with Crippen molar-refractivity contribution in [2.75, 3.05) is 6.54 Å². The van der Waals surface area contributed by atoms with E-state index in [2.05, 4.69) is 20.3 Å². The van der Waals surface area contributed by atoms with E-state index in [1.165, 1.54) is 17.4 Å². The fourth-order valence-corrected chi connectivity index (χ4v) is 4.04. The van der Waals surface area contributed by atoms with Crippen LogP contribution in [0.15, 0.2) is 40.1 Å². The molecule has 28 heavy (non-hydrogen) atoms. The molecule has 0 fully saturated rings. The SMILES string of the molecule is Cn1cc(CN2CCCn3c(nc(CNC(=O)c4ccsc4)cc3=O)C2)cn1. The Bertz CT molecular complexity index is 1020. The molecule has 3 aromatic heterocycles. The largest absolute Gasteiger partial charge is 0.346 e. The molecule has 1 amide bonds. The molecule has 0 spiro atoms. The third-order valence-electron chi connectivity index (χ3n) is 4.74. The molecule has 0 radical (unpaired) electrons. The van der Waals surface area contributed by atoms with Gasteiger partial charge < -0.3 is 5.32 Å². The standard InChI is InChI=1S/C19H22N6O2S/c1-23-10-14(8-21-23)11-24-4-2-5-25-17(12-24)22-16(7-18(25)26)9-20-19(27)15-3-6-28-13-15/h3,6-8,10,13H,2,4-5,9,11-12H2,1H3,(H,20,27). The fourth-order valence-electron chi connectivity index (χ4n) is 3.40. The van der Waals surface area contributed by atoms with E-state index in [4.69, 9.17) is 0 Å². The molecular formula is C19H22N6O2S. The second-order valence-electron chi connectivity index (χ2n) is 6.93. The number of carbonyl (C=O) groups excluding carboxylic acids is 1. The summed E-state index contributed by atoms with van der Waals surface area (Å²) in [5.41, 5.74) is 2.28. The van der Waals surface area contributed by atoms with Crippen molar-refractivity contribution in [3.63, 3.8) is 0 Å². The van der Waals surface area contributed by atoms with Crippen molar-refractivity contribution in [3.05, 3.63) is 68.3 Å². The number of aryl methyl sites for hydroxylation is 1. The zero-order valence-electron chi connectivity index (χ0n) is 15.7. The number of thiophene rings is 1. The summed E-state index contributed by atoms with van der Waals surface area (Å²) in [4.78, 5) is 31.6. The van der Waals surface area contributed by atoms with Crippen LogP contribution in [-0.2, 0) is 33.2 Å². The number of rotatable bonds is 5. The number of aromatic nitrogens is 4. The van der Waals surface area contributed by atoms with E-state index >= 15 is 0 Å². The smallest absolute Gasteiger partial charge is 0.253 e. The molecular weight excluding hydrogens is 376 g/mol. The van der Waals surface area contributed by atoms with E-state index in [0.717, 1.165) is 30.9 Å². The average molecular weight is 398 g/mol. The predicted octanol–water partition coefficient (Wildman–Crippen LogP) is 1.37. The summed E-state index contributed by atoms with van der Waals surface area (Å²) in [5, 5.41) is 10.7. The first-order chi connectivity index (χ1) is 13.6. The van der Waals surface area contributed by atoms with E-state index in [9.17, 15) is 9.59 Å². The van der Waals surface area contributed by atoms with Crippen LogP contribution in [0.25, 0.3) is 0 Å². The first-order valence-corrected chi connectivity index (χ1v) is 10.1. The van der Waals surface area contributed by atoms with Crippen molar-refractivity contribution in [3.8, 4) is 0 Å². The van der Waals surface area contributed by atoms with Gasteiger partial charge in [0.2, 0.25) is 0 Å². The van der Waals surface area contributed by atoms with Crippen molar-refractivity contribution in [1.82, 2.24) is 29.5 Å². The lowest BCUT2D eigenvalue weighted by atomic mass is 10.3. The highest BCUT2D eigenvalue weighted by Gasteiger charge is 2.18. The van der Waals surface area contributed by atoms with E-state index < -0.39 is 0 Å². The van der Waals surface area contributed by atoms with Gasteiger partial charge in [0.15, 0.2) is 0 Å². The number of hydrogen-bond donors (Lipinski definition) is 1. The molecule has 0 aromatic carbocycles. The molecule has 1 N–H and O–H groups in total. The Labute approximate surface area is 166 Å². The van der Waals surface area contributed by atoms with Gasteiger partial charge >= 0.3 is 0 Å². The minimum Gasteiger partial charge on any atom is -0.346 e. The zero-order chi connectivity index (χ0) is 19.5. The molecule has 0 aliphatic carbocycles. The van der Waals surface area contributed by atoms with Crippen molar-refractivity contribution in [1.29, 1.82) is 0 Å². The molecule has 146 valence electrons. The summed E-state index contributed by atoms with van der Waals surface area (Å²) in [6.45, 7) is 3.15. The quantitative estimate of drug-likeness (QED) is 0.702. The minimum absolute atomic E-state index is 0.0620. The van der Waals surface area contributed by atoms with Crippen LogP contribution in [0.4, 0.5) is 0 Å². The van der Waals surface area contributed by atoms with Crippen molar-refractivity contribution in [2.24, 2.45) is 7.05 Å². The molecule has 0 atom stereocenters. The molecule has 8 nitrogen and oxygen atoms in total. The van der Waals surface area contributed by atoms with Crippen LogP contribution >= 0.6 is 11.3 Å². The first kappa shape index (κ1) is 18.6. The third-order valence-corrected chi connectivity index (χ3v) is 5.42. The molecule has 4 heterocycles. The lowest BCUT2D eigenvalue weighted by Crippen LogP contribution is -2.29. The summed E-state index contributed by atoms with van der Waals surface area (Å²) >= 11 is 1.47. The van der Waals surface area contributed by atoms with Crippen LogP contribution in [-0.4, -0.2) is 36.7 Å². The van der Waals surface area contributed by atoms with Gasteiger partial charge in [0, 0.05) is 55.5 Å². The predicted molar refractivity (Wildman–Crippen MR) is 106 cm³/mol. The molecule has 0 saturated heterocycles. The molecule has 0 unspecified atom stereocenters. The molecule has 4 rings (SSSR count). The maximum absolute atomic E-state index is 12.6. The van der Waals surface area contributed by atoms with E-state index in [1.54, 1.807) is 20.7 Å². The number of fused-ring (bicyclic) bond motifs is 1. The molecule has 1 aliphatic heterocycles. The van der Waals surface area contributed by atoms with Gasteiger partial charge in [-0.25, -0.2) is 4.98 Å². The molecule has 0 bridgehead atoms. The van der Waals surface area contributed by atoms with Gasteiger partial charge in [-0.05, 0) is 17.9 Å². The Morgan fingerprint density at radius 3 is 3.00 bits per heavy atom. The van der Waals surface area contributed by atoms with Crippen molar-refractivity contribution >= 4 is 17.2 Å². The van der Waals surface area contributed by atoms with E-state index in [0.29, 0.717) is 24.3 Å². The van der Waals surface area contributed by atoms with E-state index in [-0.39, 0.29) is 18.0 Å². The van der Waals surface area contributed by atoms with Crippen LogP contribution < -0.4 is 10.9 Å². The zero-order valence-corrected chi connectivity index (χ0v) is 16.5. The normalized spacial score (nSPS) is 14.5. The number of hydrogen-bond acceptors (Lipinski definition) is 6. The summed E-state index contributed by atoms with van der Waals surface area (Å²) < 4.78 is 3.53. The van der Waals surface area contributed by atoms with Gasteiger partial charge in [-0.2, -0.15) is 16.4 Å².